The Kier molecular flexibility index (Phi) is 9.99. The molecule has 0 radical (unpaired) electrons. The Morgan fingerprint density at radius 1 is 1.12 bits per heavy atom. The Labute approximate surface area is 157 Å². The zero-order chi connectivity index (χ0) is 19.5. The first-order valence-corrected chi connectivity index (χ1v) is 9.78. The van der Waals surface area contributed by atoms with Crippen LogP contribution in [-0.2, 0) is 14.4 Å². The van der Waals surface area contributed by atoms with Crippen LogP contribution in [0.1, 0.15) is 65.7 Å². The standard InChI is InChI=1S/C20H35N3O3/c1-15(2)18(23(4)19(25)13-21-14-24)12-16(3)20(26)22-17-10-8-6-5-7-9-11-17/h12,14-15,17-18H,5-11,13H2,1-4H3,(H,21,24)(H,22,26)/b16-12+. The molecule has 0 aromatic carbocycles. The van der Waals surface area contributed by atoms with E-state index in [4.69, 9.17) is 0 Å². The molecule has 0 aromatic heterocycles. The summed E-state index contributed by atoms with van der Waals surface area (Å²) in [6, 6.07) is 0.0545. The van der Waals surface area contributed by atoms with Crippen molar-refractivity contribution >= 4 is 18.2 Å². The summed E-state index contributed by atoms with van der Waals surface area (Å²) >= 11 is 0. The first-order chi connectivity index (χ1) is 12.4. The molecule has 1 fully saturated rings. The Morgan fingerprint density at radius 3 is 2.23 bits per heavy atom. The normalized spacial score (nSPS) is 17.8. The highest BCUT2D eigenvalue weighted by atomic mass is 16.2. The molecule has 1 saturated carbocycles. The zero-order valence-electron chi connectivity index (χ0n) is 16.7. The van der Waals surface area contributed by atoms with E-state index >= 15 is 0 Å². The molecule has 0 heterocycles. The van der Waals surface area contributed by atoms with Gasteiger partial charge in [-0.3, -0.25) is 14.4 Å². The summed E-state index contributed by atoms with van der Waals surface area (Å²) in [6.07, 6.45) is 10.6. The smallest absolute Gasteiger partial charge is 0.246 e. The minimum atomic E-state index is -0.195. The number of rotatable bonds is 8. The van der Waals surface area contributed by atoms with Crippen LogP contribution in [0.25, 0.3) is 0 Å². The minimum Gasteiger partial charge on any atom is -0.350 e. The van der Waals surface area contributed by atoms with Gasteiger partial charge in [0.25, 0.3) is 0 Å². The monoisotopic (exact) mass is 365 g/mol. The molecule has 0 aromatic rings. The van der Waals surface area contributed by atoms with Gasteiger partial charge < -0.3 is 15.5 Å². The van der Waals surface area contributed by atoms with Crippen LogP contribution in [0, 0.1) is 5.92 Å². The van der Waals surface area contributed by atoms with E-state index < -0.39 is 0 Å². The third-order valence-corrected chi connectivity index (χ3v) is 5.08. The van der Waals surface area contributed by atoms with Crippen LogP contribution in [-0.4, -0.2) is 48.8 Å². The van der Waals surface area contributed by atoms with Crippen molar-refractivity contribution in [3.05, 3.63) is 11.6 Å². The topological polar surface area (TPSA) is 78.5 Å². The summed E-state index contributed by atoms with van der Waals surface area (Å²) in [7, 11) is 1.70. The SMILES string of the molecule is C/C(=C\C(C(C)C)N(C)C(=O)CNC=O)C(=O)NC1CCCCCCC1. The van der Waals surface area contributed by atoms with Crippen LogP contribution >= 0.6 is 0 Å². The van der Waals surface area contributed by atoms with E-state index in [1.165, 1.54) is 32.1 Å². The molecule has 0 aliphatic heterocycles. The quantitative estimate of drug-likeness (QED) is 0.512. The first-order valence-electron chi connectivity index (χ1n) is 9.78. The van der Waals surface area contributed by atoms with Gasteiger partial charge in [0, 0.05) is 18.7 Å². The molecule has 148 valence electrons. The number of nitrogens with one attached hydrogen (secondary N) is 2. The van der Waals surface area contributed by atoms with Crippen LogP contribution in [0.15, 0.2) is 11.6 Å². The van der Waals surface area contributed by atoms with Gasteiger partial charge in [0.2, 0.25) is 18.2 Å². The van der Waals surface area contributed by atoms with Crippen LogP contribution in [0.3, 0.4) is 0 Å². The third-order valence-electron chi connectivity index (χ3n) is 5.08. The fourth-order valence-electron chi connectivity index (χ4n) is 3.40. The van der Waals surface area contributed by atoms with Crippen molar-refractivity contribution in [2.45, 2.75) is 77.8 Å². The maximum Gasteiger partial charge on any atom is 0.246 e. The van der Waals surface area contributed by atoms with Crippen molar-refractivity contribution in [1.29, 1.82) is 0 Å². The van der Waals surface area contributed by atoms with E-state index in [2.05, 4.69) is 10.6 Å². The van der Waals surface area contributed by atoms with E-state index in [-0.39, 0.29) is 36.4 Å². The Hall–Kier alpha value is -1.85. The zero-order valence-corrected chi connectivity index (χ0v) is 16.7. The second kappa shape index (κ2) is 11.7. The summed E-state index contributed by atoms with van der Waals surface area (Å²) in [5, 5.41) is 5.56. The van der Waals surface area contributed by atoms with E-state index in [1.807, 2.05) is 19.9 Å². The number of hydrogen-bond acceptors (Lipinski definition) is 3. The number of carbonyl (C=O) groups is 3. The molecule has 1 rings (SSSR count). The molecule has 2 N–H and O–H groups in total. The van der Waals surface area contributed by atoms with Gasteiger partial charge in [0.15, 0.2) is 0 Å². The largest absolute Gasteiger partial charge is 0.350 e. The molecule has 6 heteroatoms. The maximum absolute atomic E-state index is 12.6. The molecule has 6 nitrogen and oxygen atoms in total. The Balaban J connectivity index is 2.72. The van der Waals surface area contributed by atoms with Crippen molar-refractivity contribution < 1.29 is 14.4 Å². The Bertz CT molecular complexity index is 495. The molecule has 0 bridgehead atoms. The summed E-state index contributed by atoms with van der Waals surface area (Å²) in [4.78, 5) is 36.7. The van der Waals surface area contributed by atoms with Crippen LogP contribution in [0.2, 0.25) is 0 Å². The lowest BCUT2D eigenvalue weighted by atomic mass is 9.96. The van der Waals surface area contributed by atoms with Gasteiger partial charge in [-0.1, -0.05) is 52.0 Å². The summed E-state index contributed by atoms with van der Waals surface area (Å²) < 4.78 is 0. The van der Waals surface area contributed by atoms with Crippen LogP contribution in [0.4, 0.5) is 0 Å². The van der Waals surface area contributed by atoms with E-state index in [1.54, 1.807) is 18.9 Å². The Morgan fingerprint density at radius 2 is 1.69 bits per heavy atom. The molecule has 1 unspecified atom stereocenters. The number of likely N-dealkylation sites (N-methyl/N-ethyl adjacent to an activating group) is 1. The van der Waals surface area contributed by atoms with E-state index in [0.717, 1.165) is 12.8 Å². The number of hydrogen-bond donors (Lipinski definition) is 2. The lowest BCUT2D eigenvalue weighted by molar-refractivity contribution is -0.132. The maximum atomic E-state index is 12.6. The fraction of sp³-hybridized carbons (Fsp3) is 0.750. The van der Waals surface area contributed by atoms with E-state index in [0.29, 0.717) is 12.0 Å². The molecule has 1 aliphatic carbocycles. The second-order valence-corrected chi connectivity index (χ2v) is 7.60. The second-order valence-electron chi connectivity index (χ2n) is 7.60. The number of carbonyl (C=O) groups excluding carboxylic acids is 3. The van der Waals surface area contributed by atoms with Crippen molar-refractivity contribution in [2.75, 3.05) is 13.6 Å². The molecule has 1 atom stereocenters. The van der Waals surface area contributed by atoms with Gasteiger partial charge in [0.1, 0.15) is 0 Å². The van der Waals surface area contributed by atoms with Crippen molar-refractivity contribution in [2.24, 2.45) is 5.92 Å². The predicted molar refractivity (Wildman–Crippen MR) is 103 cm³/mol. The minimum absolute atomic E-state index is 0.0373. The average molecular weight is 366 g/mol. The highest BCUT2D eigenvalue weighted by Crippen LogP contribution is 2.18. The molecule has 0 saturated heterocycles. The van der Waals surface area contributed by atoms with Gasteiger partial charge >= 0.3 is 0 Å². The molecule has 26 heavy (non-hydrogen) atoms. The number of amides is 3. The van der Waals surface area contributed by atoms with E-state index in [9.17, 15) is 14.4 Å². The van der Waals surface area contributed by atoms with Crippen molar-refractivity contribution in [1.82, 2.24) is 15.5 Å². The highest BCUT2D eigenvalue weighted by molar-refractivity contribution is 5.93. The fourth-order valence-corrected chi connectivity index (χ4v) is 3.40. The van der Waals surface area contributed by atoms with Crippen LogP contribution in [0.5, 0.6) is 0 Å². The van der Waals surface area contributed by atoms with Gasteiger partial charge in [-0.15, -0.1) is 0 Å². The summed E-state index contributed by atoms with van der Waals surface area (Å²) in [6.45, 7) is 5.79. The summed E-state index contributed by atoms with van der Waals surface area (Å²) in [5.41, 5.74) is 0.633. The van der Waals surface area contributed by atoms with Gasteiger partial charge in [0.05, 0.1) is 12.6 Å². The third kappa shape index (κ3) is 7.58. The predicted octanol–water partition coefficient (Wildman–Crippen LogP) is 2.39. The lowest BCUT2D eigenvalue weighted by Crippen LogP contribution is -2.44. The molecule has 3 amide bonds. The molecular weight excluding hydrogens is 330 g/mol. The van der Waals surface area contributed by atoms with Crippen molar-refractivity contribution in [3.63, 3.8) is 0 Å². The number of nitrogens with zero attached hydrogens (tertiary/aromatic N) is 1. The average Bonchev–Trinajstić information content (AvgIpc) is 2.58. The van der Waals surface area contributed by atoms with Gasteiger partial charge in [-0.05, 0) is 25.7 Å². The van der Waals surface area contributed by atoms with Gasteiger partial charge in [-0.2, -0.15) is 0 Å². The lowest BCUT2D eigenvalue weighted by Gasteiger charge is -2.29. The molecule has 1 aliphatic rings. The summed E-state index contributed by atoms with van der Waals surface area (Å²) in [5.74, 6) is -0.0716. The van der Waals surface area contributed by atoms with Crippen molar-refractivity contribution in [3.8, 4) is 0 Å². The molecule has 0 spiro atoms. The van der Waals surface area contributed by atoms with Crippen LogP contribution < -0.4 is 10.6 Å². The highest BCUT2D eigenvalue weighted by Gasteiger charge is 2.22. The first kappa shape index (κ1) is 22.2. The molecular formula is C20H35N3O3. The van der Waals surface area contributed by atoms with Gasteiger partial charge in [-0.25, -0.2) is 0 Å².